The van der Waals surface area contributed by atoms with Crippen molar-refractivity contribution in [1.29, 1.82) is 0 Å². The molecule has 102 valence electrons. The zero-order valence-electron chi connectivity index (χ0n) is 11.6. The zero-order valence-corrected chi connectivity index (χ0v) is 11.6. The first kappa shape index (κ1) is 16.4. The van der Waals surface area contributed by atoms with Crippen LogP contribution in [0.5, 0.6) is 0 Å². The number of aliphatic carboxylic acids is 1. The molecule has 0 amide bonds. The number of rotatable bonds is 10. The fourth-order valence-electron chi connectivity index (χ4n) is 1.74. The highest BCUT2D eigenvalue weighted by molar-refractivity contribution is 5.73. The highest BCUT2D eigenvalue weighted by Crippen LogP contribution is 2.04. The van der Waals surface area contributed by atoms with Crippen LogP contribution >= 0.6 is 0 Å². The molecule has 0 fully saturated rings. The molecule has 0 aromatic heterocycles. The van der Waals surface area contributed by atoms with Crippen molar-refractivity contribution >= 4 is 5.97 Å². The van der Waals surface area contributed by atoms with Crippen LogP contribution in [0.4, 0.5) is 0 Å². The molecular weight excluding hydrogens is 218 g/mol. The van der Waals surface area contributed by atoms with Crippen molar-refractivity contribution < 1.29 is 14.6 Å². The van der Waals surface area contributed by atoms with Gasteiger partial charge in [0.1, 0.15) is 6.04 Å². The average Bonchev–Trinajstić information content (AvgIpc) is 2.21. The smallest absolute Gasteiger partial charge is 0.323 e. The summed E-state index contributed by atoms with van der Waals surface area (Å²) < 4.78 is 5.44. The summed E-state index contributed by atoms with van der Waals surface area (Å²) in [6.45, 7) is 8.01. The van der Waals surface area contributed by atoms with E-state index in [0.29, 0.717) is 12.5 Å². The third-order valence-corrected chi connectivity index (χ3v) is 2.64. The molecule has 4 heteroatoms. The fraction of sp³-hybridized carbons (Fsp3) is 0.923. The SMILES string of the molecule is CCCCCOCC(C(=O)O)N(C)CC(C)C. The molecular formula is C13H27NO3. The Bertz CT molecular complexity index is 207. The minimum absolute atomic E-state index is 0.280. The van der Waals surface area contributed by atoms with Crippen LogP contribution in [0.1, 0.15) is 40.0 Å². The molecule has 0 aliphatic carbocycles. The fourth-order valence-corrected chi connectivity index (χ4v) is 1.74. The van der Waals surface area contributed by atoms with E-state index in [1.807, 2.05) is 11.9 Å². The number of hydrogen-bond donors (Lipinski definition) is 1. The van der Waals surface area contributed by atoms with Crippen LogP contribution in [0.2, 0.25) is 0 Å². The summed E-state index contributed by atoms with van der Waals surface area (Å²) in [6.07, 6.45) is 3.30. The van der Waals surface area contributed by atoms with Gasteiger partial charge in [-0.15, -0.1) is 0 Å². The molecule has 0 spiro atoms. The Morgan fingerprint density at radius 1 is 1.35 bits per heavy atom. The van der Waals surface area contributed by atoms with Crippen molar-refractivity contribution in [3.63, 3.8) is 0 Å². The van der Waals surface area contributed by atoms with Gasteiger partial charge in [0.25, 0.3) is 0 Å². The van der Waals surface area contributed by atoms with Crippen molar-refractivity contribution in [2.45, 2.75) is 46.1 Å². The van der Waals surface area contributed by atoms with Crippen LogP contribution in [0, 0.1) is 5.92 Å². The number of nitrogens with zero attached hydrogens (tertiary/aromatic N) is 1. The van der Waals surface area contributed by atoms with Crippen molar-refractivity contribution in [2.24, 2.45) is 5.92 Å². The first-order valence-corrected chi connectivity index (χ1v) is 6.49. The van der Waals surface area contributed by atoms with Gasteiger partial charge in [-0.05, 0) is 19.4 Å². The summed E-state index contributed by atoms with van der Waals surface area (Å²) >= 11 is 0. The van der Waals surface area contributed by atoms with E-state index in [1.54, 1.807) is 0 Å². The Hall–Kier alpha value is -0.610. The summed E-state index contributed by atoms with van der Waals surface area (Å²) in [5.41, 5.74) is 0. The van der Waals surface area contributed by atoms with Gasteiger partial charge in [-0.3, -0.25) is 9.69 Å². The first-order valence-electron chi connectivity index (χ1n) is 6.49. The van der Waals surface area contributed by atoms with Crippen LogP contribution in [-0.2, 0) is 9.53 Å². The zero-order chi connectivity index (χ0) is 13.3. The third kappa shape index (κ3) is 8.16. The normalized spacial score (nSPS) is 13.3. The molecule has 0 rings (SSSR count). The molecule has 1 atom stereocenters. The van der Waals surface area contributed by atoms with Crippen LogP contribution in [0.15, 0.2) is 0 Å². The minimum Gasteiger partial charge on any atom is -0.480 e. The van der Waals surface area contributed by atoms with E-state index >= 15 is 0 Å². The molecule has 0 bridgehead atoms. The number of likely N-dealkylation sites (N-methyl/N-ethyl adjacent to an activating group) is 1. The summed E-state index contributed by atoms with van der Waals surface area (Å²) in [7, 11) is 1.84. The van der Waals surface area contributed by atoms with E-state index in [4.69, 9.17) is 9.84 Å². The number of carboxylic acid groups (broad SMARTS) is 1. The third-order valence-electron chi connectivity index (χ3n) is 2.64. The molecule has 0 heterocycles. The van der Waals surface area contributed by atoms with Crippen LogP contribution in [0.3, 0.4) is 0 Å². The van der Waals surface area contributed by atoms with Gasteiger partial charge >= 0.3 is 5.97 Å². The molecule has 17 heavy (non-hydrogen) atoms. The van der Waals surface area contributed by atoms with Gasteiger partial charge in [0.15, 0.2) is 0 Å². The number of carboxylic acids is 1. The number of hydrogen-bond acceptors (Lipinski definition) is 3. The van der Waals surface area contributed by atoms with E-state index in [1.165, 1.54) is 0 Å². The van der Waals surface area contributed by atoms with Crippen molar-refractivity contribution in [3.05, 3.63) is 0 Å². The molecule has 0 aliphatic rings. The van der Waals surface area contributed by atoms with Gasteiger partial charge in [-0.1, -0.05) is 33.6 Å². The molecule has 0 radical (unpaired) electrons. The molecule has 4 nitrogen and oxygen atoms in total. The van der Waals surface area contributed by atoms with Gasteiger partial charge in [0, 0.05) is 13.2 Å². The molecule has 0 aromatic carbocycles. The van der Waals surface area contributed by atoms with Crippen molar-refractivity contribution in [1.82, 2.24) is 4.90 Å². The minimum atomic E-state index is -0.802. The lowest BCUT2D eigenvalue weighted by molar-refractivity contribution is -0.145. The monoisotopic (exact) mass is 245 g/mol. The standard InChI is InChI=1S/C13H27NO3/c1-5-6-7-8-17-10-12(13(15)16)14(4)9-11(2)3/h11-12H,5-10H2,1-4H3,(H,15,16). The van der Waals surface area contributed by atoms with E-state index in [2.05, 4.69) is 20.8 Å². The Morgan fingerprint density at radius 3 is 2.47 bits per heavy atom. The van der Waals surface area contributed by atoms with E-state index in [9.17, 15) is 4.79 Å². The van der Waals surface area contributed by atoms with E-state index in [0.717, 1.165) is 25.8 Å². The van der Waals surface area contributed by atoms with Gasteiger partial charge in [-0.2, -0.15) is 0 Å². The maximum Gasteiger partial charge on any atom is 0.323 e. The van der Waals surface area contributed by atoms with Crippen LogP contribution < -0.4 is 0 Å². The largest absolute Gasteiger partial charge is 0.480 e. The predicted octanol–water partition coefficient (Wildman–Crippen LogP) is 2.23. The lowest BCUT2D eigenvalue weighted by atomic mass is 10.2. The number of ether oxygens (including phenoxy) is 1. The van der Waals surface area contributed by atoms with E-state index < -0.39 is 12.0 Å². The lowest BCUT2D eigenvalue weighted by Crippen LogP contribution is -2.43. The van der Waals surface area contributed by atoms with Crippen LogP contribution in [0.25, 0.3) is 0 Å². The van der Waals surface area contributed by atoms with Crippen molar-refractivity contribution in [2.75, 3.05) is 26.8 Å². The summed E-state index contributed by atoms with van der Waals surface area (Å²) in [4.78, 5) is 13.0. The average molecular weight is 245 g/mol. The second-order valence-electron chi connectivity index (χ2n) is 4.97. The van der Waals surface area contributed by atoms with Gasteiger partial charge in [-0.25, -0.2) is 0 Å². The number of unbranched alkanes of at least 4 members (excludes halogenated alkanes) is 2. The molecule has 0 aromatic rings. The Labute approximate surface area is 105 Å². The predicted molar refractivity (Wildman–Crippen MR) is 69.2 cm³/mol. The summed E-state index contributed by atoms with van der Waals surface area (Å²) in [5.74, 6) is -0.342. The summed E-state index contributed by atoms with van der Waals surface area (Å²) in [5, 5.41) is 9.14. The second-order valence-corrected chi connectivity index (χ2v) is 4.97. The molecule has 1 N–H and O–H groups in total. The highest BCUT2D eigenvalue weighted by Gasteiger charge is 2.23. The van der Waals surface area contributed by atoms with Crippen molar-refractivity contribution in [3.8, 4) is 0 Å². The first-order chi connectivity index (χ1) is 7.99. The lowest BCUT2D eigenvalue weighted by Gasteiger charge is -2.25. The quantitative estimate of drug-likeness (QED) is 0.600. The maximum absolute atomic E-state index is 11.1. The summed E-state index contributed by atoms with van der Waals surface area (Å²) in [6, 6.07) is -0.529. The molecule has 0 saturated carbocycles. The second kappa shape index (κ2) is 9.42. The van der Waals surface area contributed by atoms with E-state index in [-0.39, 0.29) is 6.61 Å². The molecule has 0 saturated heterocycles. The molecule has 0 aliphatic heterocycles. The molecule has 1 unspecified atom stereocenters. The van der Waals surface area contributed by atoms with Crippen LogP contribution in [-0.4, -0.2) is 48.8 Å². The topological polar surface area (TPSA) is 49.8 Å². The maximum atomic E-state index is 11.1. The Balaban J connectivity index is 3.94. The Kier molecular flexibility index (Phi) is 9.09. The van der Waals surface area contributed by atoms with Gasteiger partial charge in [0.2, 0.25) is 0 Å². The number of carbonyl (C=O) groups is 1. The van der Waals surface area contributed by atoms with Gasteiger partial charge in [0.05, 0.1) is 6.61 Å². The highest BCUT2D eigenvalue weighted by atomic mass is 16.5. The Morgan fingerprint density at radius 2 is 2.00 bits per heavy atom. The van der Waals surface area contributed by atoms with Gasteiger partial charge < -0.3 is 9.84 Å².